The number of phosphoric acid groups is 1. The van der Waals surface area contributed by atoms with Gasteiger partial charge >= 0.3 is 19.8 Å². The minimum atomic E-state index is -4.25. The van der Waals surface area contributed by atoms with Crippen LogP contribution < -0.4 is 0 Å². The molecule has 2 unspecified atom stereocenters. The summed E-state index contributed by atoms with van der Waals surface area (Å²) in [5.41, 5.74) is 0. The first-order valence-electron chi connectivity index (χ1n) is 23.7. The lowest BCUT2D eigenvalue weighted by molar-refractivity contribution is -0.161. The number of unbranched alkanes of at least 4 members (excludes halogenated alkanes) is 34. The molecule has 0 aromatic rings. The van der Waals surface area contributed by atoms with Crippen molar-refractivity contribution in [1.82, 2.24) is 0 Å². The van der Waals surface area contributed by atoms with Gasteiger partial charge in [0.05, 0.1) is 6.61 Å². The lowest BCUT2D eigenvalue weighted by Crippen LogP contribution is -2.29. The standard InChI is InChI=1S/C46H91O8P/c1-4-6-8-10-12-14-16-18-19-20-21-22-23-24-25-26-27-29-31-33-35-37-39-41-46(48)54-44(43-53-55(49,50)51-3)42-52-45(47)40-38-36-34-32-30-28-17-15-13-11-9-7-5-2/h44H,4-43H2,1-3H3,(H,49,50). The van der Waals surface area contributed by atoms with Crippen molar-refractivity contribution in [1.29, 1.82) is 0 Å². The number of hydrogen-bond donors (Lipinski definition) is 1. The molecule has 55 heavy (non-hydrogen) atoms. The Kier molecular flexibility index (Phi) is 41.9. The average Bonchev–Trinajstić information content (AvgIpc) is 3.18. The summed E-state index contributed by atoms with van der Waals surface area (Å²) in [7, 11) is -3.19. The summed E-state index contributed by atoms with van der Waals surface area (Å²) >= 11 is 0. The SMILES string of the molecule is CCCCCCCCCCCCCCCCCCCCCCCCCC(=O)OC(COC(=O)CCCCCCCCCCCCCCC)COP(=O)(O)OC. The fourth-order valence-corrected chi connectivity index (χ4v) is 7.65. The zero-order chi connectivity index (χ0) is 40.3. The van der Waals surface area contributed by atoms with Crippen LogP contribution >= 0.6 is 7.82 Å². The topological polar surface area (TPSA) is 108 Å². The van der Waals surface area contributed by atoms with Crippen LogP contribution in [0.25, 0.3) is 0 Å². The summed E-state index contributed by atoms with van der Waals surface area (Å²) in [6, 6.07) is 0. The van der Waals surface area contributed by atoms with Crippen molar-refractivity contribution < 1.29 is 37.6 Å². The summed E-state index contributed by atoms with van der Waals surface area (Å²) < 4.78 is 32.1. The van der Waals surface area contributed by atoms with Crippen molar-refractivity contribution in [2.45, 2.75) is 264 Å². The van der Waals surface area contributed by atoms with Crippen molar-refractivity contribution in [3.8, 4) is 0 Å². The smallest absolute Gasteiger partial charge is 0.462 e. The first-order valence-corrected chi connectivity index (χ1v) is 25.2. The lowest BCUT2D eigenvalue weighted by atomic mass is 10.0. The molecule has 328 valence electrons. The van der Waals surface area contributed by atoms with Crippen LogP contribution in [0.5, 0.6) is 0 Å². The van der Waals surface area contributed by atoms with E-state index in [1.807, 2.05) is 0 Å². The molecule has 0 aliphatic carbocycles. The summed E-state index contributed by atoms with van der Waals surface area (Å²) in [6.07, 6.45) is 45.9. The molecular formula is C46H91O8P. The number of phosphoric ester groups is 1. The molecule has 8 nitrogen and oxygen atoms in total. The second kappa shape index (κ2) is 42.7. The Labute approximate surface area is 340 Å². The van der Waals surface area contributed by atoms with Gasteiger partial charge in [0, 0.05) is 20.0 Å². The number of hydrogen-bond acceptors (Lipinski definition) is 7. The highest BCUT2D eigenvalue weighted by molar-refractivity contribution is 7.47. The highest BCUT2D eigenvalue weighted by Gasteiger charge is 2.24. The van der Waals surface area contributed by atoms with Crippen LogP contribution in [-0.2, 0) is 32.7 Å². The number of rotatable bonds is 45. The highest BCUT2D eigenvalue weighted by atomic mass is 31.2. The van der Waals surface area contributed by atoms with E-state index in [0.717, 1.165) is 45.6 Å². The molecule has 0 radical (unpaired) electrons. The summed E-state index contributed by atoms with van der Waals surface area (Å²) in [5, 5.41) is 0. The average molecular weight is 803 g/mol. The van der Waals surface area contributed by atoms with Gasteiger partial charge in [0.2, 0.25) is 0 Å². The Morgan fingerprint density at radius 3 is 1.00 bits per heavy atom. The molecular weight excluding hydrogens is 711 g/mol. The molecule has 0 fully saturated rings. The maximum Gasteiger partial charge on any atom is 0.472 e. The van der Waals surface area contributed by atoms with E-state index in [4.69, 9.17) is 14.0 Å². The molecule has 0 amide bonds. The molecule has 0 saturated carbocycles. The van der Waals surface area contributed by atoms with E-state index in [1.54, 1.807) is 0 Å². The molecule has 0 aliphatic rings. The molecule has 0 aromatic heterocycles. The van der Waals surface area contributed by atoms with Gasteiger partial charge in [0.15, 0.2) is 6.10 Å². The van der Waals surface area contributed by atoms with Crippen LogP contribution in [0, 0.1) is 0 Å². The van der Waals surface area contributed by atoms with Crippen molar-refractivity contribution in [3.05, 3.63) is 0 Å². The predicted molar refractivity (Wildman–Crippen MR) is 230 cm³/mol. The van der Waals surface area contributed by atoms with Gasteiger partial charge in [0.25, 0.3) is 0 Å². The number of carbonyl (C=O) groups is 2. The molecule has 0 aromatic carbocycles. The predicted octanol–water partition coefficient (Wildman–Crippen LogP) is 15.1. The maximum atomic E-state index is 12.5. The normalized spacial score (nSPS) is 13.2. The molecule has 0 saturated heterocycles. The third-order valence-electron chi connectivity index (χ3n) is 10.9. The molecule has 1 N–H and O–H groups in total. The van der Waals surface area contributed by atoms with Crippen LogP contribution in [0.2, 0.25) is 0 Å². The van der Waals surface area contributed by atoms with Crippen LogP contribution in [0.1, 0.15) is 258 Å². The number of carbonyl (C=O) groups excluding carboxylic acids is 2. The van der Waals surface area contributed by atoms with E-state index in [9.17, 15) is 19.0 Å². The van der Waals surface area contributed by atoms with Crippen LogP contribution in [-0.4, -0.2) is 43.3 Å². The number of ether oxygens (including phenoxy) is 2. The lowest BCUT2D eigenvalue weighted by Gasteiger charge is -2.19. The van der Waals surface area contributed by atoms with Crippen molar-refractivity contribution in [2.24, 2.45) is 0 Å². The minimum absolute atomic E-state index is 0.216. The monoisotopic (exact) mass is 803 g/mol. The first-order chi connectivity index (χ1) is 26.8. The van der Waals surface area contributed by atoms with Gasteiger partial charge in [-0.3, -0.25) is 18.6 Å². The largest absolute Gasteiger partial charge is 0.472 e. The fourth-order valence-electron chi connectivity index (χ4n) is 7.19. The van der Waals surface area contributed by atoms with E-state index >= 15 is 0 Å². The summed E-state index contributed by atoms with van der Waals surface area (Å²) in [5.74, 6) is -0.785. The van der Waals surface area contributed by atoms with Gasteiger partial charge < -0.3 is 14.4 Å². The van der Waals surface area contributed by atoms with E-state index in [1.165, 1.54) is 193 Å². The zero-order valence-electron chi connectivity index (χ0n) is 36.6. The zero-order valence-corrected chi connectivity index (χ0v) is 37.5. The van der Waals surface area contributed by atoms with Gasteiger partial charge in [-0.15, -0.1) is 0 Å². The minimum Gasteiger partial charge on any atom is -0.462 e. The van der Waals surface area contributed by atoms with E-state index in [0.29, 0.717) is 6.42 Å². The Morgan fingerprint density at radius 1 is 0.436 bits per heavy atom. The Balaban J connectivity index is 3.84. The van der Waals surface area contributed by atoms with Crippen molar-refractivity contribution in [2.75, 3.05) is 20.3 Å². The van der Waals surface area contributed by atoms with Crippen molar-refractivity contribution >= 4 is 19.8 Å². The second-order valence-electron chi connectivity index (χ2n) is 16.3. The van der Waals surface area contributed by atoms with E-state index in [2.05, 4.69) is 18.4 Å². The van der Waals surface area contributed by atoms with Gasteiger partial charge in [-0.25, -0.2) is 4.57 Å². The summed E-state index contributed by atoms with van der Waals surface area (Å²) in [6.45, 7) is 3.93. The van der Waals surface area contributed by atoms with Crippen LogP contribution in [0.15, 0.2) is 0 Å². The maximum absolute atomic E-state index is 12.5. The molecule has 0 heterocycles. The number of esters is 2. The molecule has 0 rings (SSSR count). The second-order valence-corrected chi connectivity index (χ2v) is 17.8. The quantitative estimate of drug-likeness (QED) is 0.0368. The Hall–Kier alpha value is -0.950. The third kappa shape index (κ3) is 42.5. The summed E-state index contributed by atoms with van der Waals surface area (Å²) in [4.78, 5) is 34.5. The Bertz CT molecular complexity index is 869. The molecule has 9 heteroatoms. The molecule has 0 aliphatic heterocycles. The van der Waals surface area contributed by atoms with E-state index < -0.39 is 26.5 Å². The highest BCUT2D eigenvalue weighted by Crippen LogP contribution is 2.42. The van der Waals surface area contributed by atoms with Gasteiger partial charge in [-0.1, -0.05) is 232 Å². The molecule has 0 spiro atoms. The van der Waals surface area contributed by atoms with Gasteiger partial charge in [-0.05, 0) is 12.8 Å². The fraction of sp³-hybridized carbons (Fsp3) is 0.957. The Morgan fingerprint density at radius 2 is 0.709 bits per heavy atom. The van der Waals surface area contributed by atoms with Crippen LogP contribution in [0.4, 0.5) is 0 Å². The molecule has 2 atom stereocenters. The molecule has 0 bridgehead atoms. The first kappa shape index (κ1) is 54.0. The van der Waals surface area contributed by atoms with Gasteiger partial charge in [-0.2, -0.15) is 0 Å². The van der Waals surface area contributed by atoms with Gasteiger partial charge in [0.1, 0.15) is 6.61 Å². The van der Waals surface area contributed by atoms with E-state index in [-0.39, 0.29) is 19.0 Å². The van der Waals surface area contributed by atoms with Crippen molar-refractivity contribution in [3.63, 3.8) is 0 Å². The van der Waals surface area contributed by atoms with Crippen LogP contribution in [0.3, 0.4) is 0 Å². The third-order valence-corrected chi connectivity index (χ3v) is 11.8.